The summed E-state index contributed by atoms with van der Waals surface area (Å²) in [6, 6.07) is 26.3. The fraction of sp³-hybridized carbons (Fsp3) is 0.481. The van der Waals surface area contributed by atoms with Crippen LogP contribution in [-0.4, -0.2) is 70.8 Å². The molecule has 7 rings (SSSR count). The topological polar surface area (TPSA) is 134 Å². The third kappa shape index (κ3) is 12.4. The molecule has 4 aromatic carbocycles. The van der Waals surface area contributed by atoms with Gasteiger partial charge in [0, 0.05) is 18.8 Å². The van der Waals surface area contributed by atoms with Crippen molar-refractivity contribution in [3.63, 3.8) is 0 Å². The monoisotopic (exact) mass is 878 g/mol. The molecular formula is C52H62O12. The van der Waals surface area contributed by atoms with Crippen molar-refractivity contribution in [1.29, 1.82) is 0 Å². The van der Waals surface area contributed by atoms with Crippen LogP contribution in [0.2, 0.25) is 0 Å². The SMILES string of the molecule is CCC1(COC(=O)CCCCCOc2ccc(COOc3ccc4c(c3)C(C)c3cc(OC(=O)c5ccc(OCCCCCC(=O)OCC6(CC)COC6)cc5)ccc3-4)cc2)COC1. The molecule has 1 unspecified atom stereocenters. The first-order valence-corrected chi connectivity index (χ1v) is 22.9. The van der Waals surface area contributed by atoms with Crippen LogP contribution in [0.25, 0.3) is 11.1 Å². The minimum atomic E-state index is -0.449. The van der Waals surface area contributed by atoms with Crippen molar-refractivity contribution < 1.29 is 57.3 Å². The Labute approximate surface area is 376 Å². The summed E-state index contributed by atoms with van der Waals surface area (Å²) in [4.78, 5) is 48.6. The Morgan fingerprint density at radius 1 is 0.594 bits per heavy atom. The molecule has 4 aromatic rings. The van der Waals surface area contributed by atoms with Gasteiger partial charge in [-0.15, -0.1) is 0 Å². The van der Waals surface area contributed by atoms with Crippen LogP contribution < -0.4 is 19.1 Å². The van der Waals surface area contributed by atoms with E-state index in [0.29, 0.717) is 88.5 Å². The van der Waals surface area contributed by atoms with E-state index in [9.17, 15) is 14.4 Å². The second-order valence-electron chi connectivity index (χ2n) is 17.5. The van der Waals surface area contributed by atoms with E-state index < -0.39 is 5.97 Å². The first-order chi connectivity index (χ1) is 31.2. The maximum atomic E-state index is 13.1. The zero-order valence-corrected chi connectivity index (χ0v) is 37.5. The van der Waals surface area contributed by atoms with E-state index in [-0.39, 0.29) is 35.3 Å². The van der Waals surface area contributed by atoms with Gasteiger partial charge in [0.25, 0.3) is 0 Å². The molecule has 3 aliphatic rings. The predicted molar refractivity (Wildman–Crippen MR) is 240 cm³/mol. The van der Waals surface area contributed by atoms with E-state index in [0.717, 1.165) is 84.9 Å². The highest BCUT2D eigenvalue weighted by Gasteiger charge is 2.39. The number of hydrogen-bond acceptors (Lipinski definition) is 12. The molecule has 1 aliphatic carbocycles. The molecule has 0 bridgehead atoms. The highest BCUT2D eigenvalue weighted by molar-refractivity contribution is 5.91. The lowest BCUT2D eigenvalue weighted by Gasteiger charge is -2.39. The lowest BCUT2D eigenvalue weighted by Crippen LogP contribution is -2.46. The van der Waals surface area contributed by atoms with E-state index in [1.807, 2.05) is 60.7 Å². The fourth-order valence-corrected chi connectivity index (χ4v) is 7.92. The van der Waals surface area contributed by atoms with Gasteiger partial charge < -0.3 is 38.0 Å². The summed E-state index contributed by atoms with van der Waals surface area (Å²) in [7, 11) is 0. The number of hydrogen-bond donors (Lipinski definition) is 0. The molecule has 0 N–H and O–H groups in total. The first kappa shape index (κ1) is 46.6. The summed E-state index contributed by atoms with van der Waals surface area (Å²) in [6.45, 7) is 11.2. The Hall–Kier alpha value is -5.43. The average Bonchev–Trinajstić information content (AvgIpc) is 3.55. The van der Waals surface area contributed by atoms with E-state index in [1.165, 1.54) is 0 Å². The van der Waals surface area contributed by atoms with Crippen molar-refractivity contribution in [2.24, 2.45) is 10.8 Å². The molecule has 64 heavy (non-hydrogen) atoms. The van der Waals surface area contributed by atoms with Crippen LogP contribution in [0.5, 0.6) is 23.0 Å². The quantitative estimate of drug-likeness (QED) is 0.0195. The van der Waals surface area contributed by atoms with E-state index in [1.54, 1.807) is 24.3 Å². The molecule has 0 spiro atoms. The normalized spacial score (nSPS) is 16.3. The molecule has 0 radical (unpaired) electrons. The van der Waals surface area contributed by atoms with Gasteiger partial charge in [-0.25, -0.2) is 4.79 Å². The van der Waals surface area contributed by atoms with Gasteiger partial charge in [0.15, 0.2) is 5.75 Å². The van der Waals surface area contributed by atoms with Crippen LogP contribution in [0, 0.1) is 10.8 Å². The van der Waals surface area contributed by atoms with Crippen molar-refractivity contribution in [1.82, 2.24) is 0 Å². The minimum absolute atomic E-state index is 0.00748. The number of esters is 3. The second-order valence-corrected chi connectivity index (χ2v) is 17.5. The number of carbonyl (C=O) groups is 3. The highest BCUT2D eigenvalue weighted by Crippen LogP contribution is 2.47. The van der Waals surface area contributed by atoms with Crippen LogP contribution in [0.4, 0.5) is 0 Å². The van der Waals surface area contributed by atoms with Crippen molar-refractivity contribution in [2.75, 3.05) is 52.9 Å². The summed E-state index contributed by atoms with van der Waals surface area (Å²) < 4.78 is 39.1. The summed E-state index contributed by atoms with van der Waals surface area (Å²) in [5.41, 5.74) is 5.75. The number of carbonyl (C=O) groups excluding carboxylic acids is 3. The van der Waals surface area contributed by atoms with Gasteiger partial charge >= 0.3 is 17.9 Å². The number of benzene rings is 4. The molecule has 0 amide bonds. The van der Waals surface area contributed by atoms with Crippen molar-refractivity contribution >= 4 is 17.9 Å². The van der Waals surface area contributed by atoms with Crippen molar-refractivity contribution in [3.8, 4) is 34.1 Å². The molecule has 2 saturated heterocycles. The molecule has 2 fully saturated rings. The Bertz CT molecular complexity index is 2150. The van der Waals surface area contributed by atoms with Crippen molar-refractivity contribution in [2.45, 2.75) is 97.5 Å². The van der Waals surface area contributed by atoms with Gasteiger partial charge in [-0.1, -0.05) is 45.0 Å². The molecular weight excluding hydrogens is 817 g/mol. The number of ether oxygens (including phenoxy) is 7. The van der Waals surface area contributed by atoms with Crippen LogP contribution in [-0.2, 0) is 40.0 Å². The smallest absolute Gasteiger partial charge is 0.343 e. The van der Waals surface area contributed by atoms with Gasteiger partial charge in [-0.05, 0) is 140 Å². The molecule has 2 heterocycles. The van der Waals surface area contributed by atoms with Gasteiger partial charge in [0.05, 0.1) is 56.0 Å². The summed E-state index contributed by atoms with van der Waals surface area (Å²) in [5, 5.41) is 0. The molecule has 1 atom stereocenters. The number of rotatable bonds is 26. The third-order valence-corrected chi connectivity index (χ3v) is 12.7. The summed E-state index contributed by atoms with van der Waals surface area (Å²) >= 11 is 0. The van der Waals surface area contributed by atoms with Crippen LogP contribution >= 0.6 is 0 Å². The second kappa shape index (κ2) is 22.5. The van der Waals surface area contributed by atoms with Gasteiger partial charge in [-0.2, -0.15) is 4.89 Å². The number of unbranched alkanes of at least 4 members (excludes halogenated alkanes) is 4. The maximum absolute atomic E-state index is 13.1. The average molecular weight is 879 g/mol. The fourth-order valence-electron chi connectivity index (χ4n) is 7.92. The predicted octanol–water partition coefficient (Wildman–Crippen LogP) is 10.4. The number of fused-ring (bicyclic) bond motifs is 3. The molecule has 0 saturated carbocycles. The van der Waals surface area contributed by atoms with E-state index >= 15 is 0 Å². The third-order valence-electron chi connectivity index (χ3n) is 12.7. The maximum Gasteiger partial charge on any atom is 0.343 e. The lowest BCUT2D eigenvalue weighted by atomic mass is 9.84. The standard InChI is InChI=1S/C52H62O12/c1-4-51(31-56-32-51)35-60-48(53)12-8-6-10-26-58-40-18-14-38(15-19-40)30-62-64-43-23-25-45-44-24-22-42(28-46(44)37(3)47(45)29-43)63-50(55)39-16-20-41(21-17-39)59-27-11-7-9-13-49(54)61-36-52(5-2)33-57-34-52/h14-25,28-29,37H,4-13,26-27,30-36H2,1-3H3. The van der Waals surface area contributed by atoms with Crippen molar-refractivity contribution in [3.05, 3.63) is 107 Å². The Kier molecular flexibility index (Phi) is 16.3. The van der Waals surface area contributed by atoms with Gasteiger partial charge in [0.2, 0.25) is 0 Å². The Balaban J connectivity index is 0.769. The van der Waals surface area contributed by atoms with Gasteiger partial charge in [-0.3, -0.25) is 9.59 Å². The molecule has 2 aliphatic heterocycles. The van der Waals surface area contributed by atoms with E-state index in [2.05, 4.69) is 20.8 Å². The Morgan fingerprint density at radius 3 is 1.58 bits per heavy atom. The zero-order chi connectivity index (χ0) is 44.8. The molecule has 342 valence electrons. The lowest BCUT2D eigenvalue weighted by molar-refractivity contribution is -0.217. The largest absolute Gasteiger partial charge is 0.494 e. The highest BCUT2D eigenvalue weighted by atomic mass is 17.2. The van der Waals surface area contributed by atoms with Gasteiger partial charge in [0.1, 0.15) is 37.1 Å². The Morgan fingerprint density at radius 2 is 1.08 bits per heavy atom. The minimum Gasteiger partial charge on any atom is -0.494 e. The first-order valence-electron chi connectivity index (χ1n) is 22.9. The van der Waals surface area contributed by atoms with Crippen LogP contribution in [0.3, 0.4) is 0 Å². The molecule has 12 heteroatoms. The van der Waals surface area contributed by atoms with E-state index in [4.69, 9.17) is 42.9 Å². The van der Waals surface area contributed by atoms with Crippen LogP contribution in [0.1, 0.15) is 118 Å². The molecule has 12 nitrogen and oxygen atoms in total. The summed E-state index contributed by atoms with van der Waals surface area (Å²) in [6.07, 6.45) is 7.66. The van der Waals surface area contributed by atoms with Crippen LogP contribution in [0.15, 0.2) is 84.9 Å². The molecule has 0 aromatic heterocycles. The summed E-state index contributed by atoms with van der Waals surface area (Å²) in [5.74, 6) is 1.82. The zero-order valence-electron chi connectivity index (χ0n) is 37.5.